The van der Waals surface area contributed by atoms with Crippen molar-refractivity contribution in [1.29, 1.82) is 0 Å². The van der Waals surface area contributed by atoms with Crippen molar-refractivity contribution in [2.45, 2.75) is 17.8 Å². The zero-order valence-corrected chi connectivity index (χ0v) is 15.2. The molecule has 3 aromatic rings. The van der Waals surface area contributed by atoms with Crippen LogP contribution in [0.2, 0.25) is 0 Å². The summed E-state index contributed by atoms with van der Waals surface area (Å²) in [7, 11) is 0. The number of nitrogens with one attached hydrogen (secondary N) is 1. The maximum Gasteiger partial charge on any atom is 0.230 e. The Morgan fingerprint density at radius 1 is 1.16 bits per heavy atom. The number of aryl methyl sites for hydroxylation is 1. The van der Waals surface area contributed by atoms with Gasteiger partial charge < -0.3 is 5.32 Å². The van der Waals surface area contributed by atoms with E-state index in [1.165, 1.54) is 41.0 Å². The molecule has 1 N–H and O–H groups in total. The van der Waals surface area contributed by atoms with E-state index in [4.69, 9.17) is 0 Å². The van der Waals surface area contributed by atoms with Gasteiger partial charge in [-0.15, -0.1) is 0 Å². The van der Waals surface area contributed by atoms with Crippen molar-refractivity contribution in [1.82, 2.24) is 14.7 Å². The smallest absolute Gasteiger partial charge is 0.230 e. The van der Waals surface area contributed by atoms with Crippen LogP contribution in [0.3, 0.4) is 0 Å². The molecule has 0 saturated heterocycles. The molecular formula is C18H16FN3OS2. The zero-order valence-electron chi connectivity index (χ0n) is 13.5. The summed E-state index contributed by atoms with van der Waals surface area (Å²) in [6.45, 7) is 2.41. The van der Waals surface area contributed by atoms with Crippen LogP contribution in [0.4, 0.5) is 4.39 Å². The number of hydrogen-bond donors (Lipinski definition) is 1. The third-order valence-corrected chi connectivity index (χ3v) is 5.28. The lowest BCUT2D eigenvalue weighted by atomic mass is 10.1. The molecule has 7 heteroatoms. The number of carbonyl (C=O) groups excluding carboxylic acids is 1. The van der Waals surface area contributed by atoms with Crippen molar-refractivity contribution in [3.63, 3.8) is 0 Å². The first-order valence-corrected chi connectivity index (χ1v) is 9.41. The average molecular weight is 373 g/mol. The van der Waals surface area contributed by atoms with Crippen LogP contribution in [0.5, 0.6) is 0 Å². The number of benzene rings is 2. The third kappa shape index (κ3) is 5.11. The van der Waals surface area contributed by atoms with Crippen LogP contribution in [0.25, 0.3) is 11.4 Å². The fourth-order valence-electron chi connectivity index (χ4n) is 2.07. The van der Waals surface area contributed by atoms with Gasteiger partial charge in [0.05, 0.1) is 5.75 Å². The van der Waals surface area contributed by atoms with Crippen LogP contribution in [-0.4, -0.2) is 21.0 Å². The Hall–Kier alpha value is -2.25. The highest BCUT2D eigenvalue weighted by Gasteiger charge is 2.09. The first kappa shape index (κ1) is 17.6. The highest BCUT2D eigenvalue weighted by molar-refractivity contribution is 8.01. The van der Waals surface area contributed by atoms with Gasteiger partial charge in [0.15, 0.2) is 10.2 Å². The number of aromatic nitrogens is 2. The van der Waals surface area contributed by atoms with Crippen LogP contribution in [-0.2, 0) is 11.3 Å². The molecule has 1 aromatic heterocycles. The predicted molar refractivity (Wildman–Crippen MR) is 99.1 cm³/mol. The minimum Gasteiger partial charge on any atom is -0.351 e. The highest BCUT2D eigenvalue weighted by atomic mass is 32.2. The van der Waals surface area contributed by atoms with E-state index in [2.05, 4.69) is 14.7 Å². The molecule has 128 valence electrons. The lowest BCUT2D eigenvalue weighted by Crippen LogP contribution is -2.24. The maximum absolute atomic E-state index is 12.8. The molecule has 0 spiro atoms. The van der Waals surface area contributed by atoms with Gasteiger partial charge in [-0.1, -0.05) is 53.7 Å². The van der Waals surface area contributed by atoms with Crippen LogP contribution in [0.1, 0.15) is 11.1 Å². The summed E-state index contributed by atoms with van der Waals surface area (Å²) in [6, 6.07) is 14.1. The van der Waals surface area contributed by atoms with Crippen molar-refractivity contribution in [3.8, 4) is 11.4 Å². The third-order valence-electron chi connectivity index (χ3n) is 3.45. The average Bonchev–Trinajstić information content (AvgIpc) is 3.09. The minimum absolute atomic E-state index is 0.0959. The molecule has 0 fully saturated rings. The highest BCUT2D eigenvalue weighted by Crippen LogP contribution is 2.25. The maximum atomic E-state index is 12.8. The first-order chi connectivity index (χ1) is 12.1. The molecule has 0 bridgehead atoms. The van der Waals surface area contributed by atoms with Crippen molar-refractivity contribution in [2.75, 3.05) is 5.75 Å². The standard InChI is InChI=1S/C18H16FN3OS2/c1-12-2-6-14(7-3-12)17-21-18(25-22-17)24-11-16(23)20-10-13-4-8-15(19)9-5-13/h2-9H,10-11H2,1H3,(H,20,23). The molecule has 0 saturated carbocycles. The molecule has 25 heavy (non-hydrogen) atoms. The molecule has 0 aliphatic heterocycles. The molecule has 3 rings (SSSR count). The summed E-state index contributed by atoms with van der Waals surface area (Å²) in [6.07, 6.45) is 0. The molecule has 0 aliphatic rings. The number of hydrogen-bond acceptors (Lipinski definition) is 5. The van der Waals surface area contributed by atoms with Gasteiger partial charge in [0.25, 0.3) is 0 Å². The number of amides is 1. The minimum atomic E-state index is -0.286. The summed E-state index contributed by atoms with van der Waals surface area (Å²) in [5.74, 6) is 0.566. The Labute approximate surface area is 153 Å². The summed E-state index contributed by atoms with van der Waals surface area (Å²) >= 11 is 2.64. The zero-order chi connectivity index (χ0) is 17.6. The van der Waals surface area contributed by atoms with E-state index in [9.17, 15) is 9.18 Å². The Balaban J connectivity index is 1.49. The van der Waals surface area contributed by atoms with E-state index in [0.29, 0.717) is 12.4 Å². The molecule has 1 amide bonds. The second kappa shape index (κ2) is 8.22. The molecular weight excluding hydrogens is 357 g/mol. The van der Waals surface area contributed by atoms with E-state index in [1.807, 2.05) is 31.2 Å². The summed E-state index contributed by atoms with van der Waals surface area (Å²) in [5, 5.41) is 2.81. The van der Waals surface area contributed by atoms with Crippen molar-refractivity contribution in [3.05, 3.63) is 65.5 Å². The Kier molecular flexibility index (Phi) is 5.78. The van der Waals surface area contributed by atoms with Gasteiger partial charge in [0, 0.05) is 12.1 Å². The number of rotatable bonds is 6. The lowest BCUT2D eigenvalue weighted by Gasteiger charge is -2.04. The molecule has 2 aromatic carbocycles. The Bertz CT molecular complexity index is 848. The largest absolute Gasteiger partial charge is 0.351 e. The summed E-state index contributed by atoms with van der Waals surface area (Å²) in [5.41, 5.74) is 3.01. The molecule has 0 atom stereocenters. The normalized spacial score (nSPS) is 10.6. The molecule has 0 radical (unpaired) electrons. The van der Waals surface area contributed by atoms with Gasteiger partial charge in [-0.3, -0.25) is 4.79 Å². The molecule has 0 unspecified atom stereocenters. The number of nitrogens with zero attached hydrogens (tertiary/aromatic N) is 2. The van der Waals surface area contributed by atoms with Gasteiger partial charge in [0.1, 0.15) is 5.82 Å². The monoisotopic (exact) mass is 373 g/mol. The van der Waals surface area contributed by atoms with E-state index >= 15 is 0 Å². The van der Waals surface area contributed by atoms with Crippen molar-refractivity contribution >= 4 is 29.2 Å². The summed E-state index contributed by atoms with van der Waals surface area (Å²) in [4.78, 5) is 16.4. The van der Waals surface area contributed by atoms with Crippen molar-refractivity contribution in [2.24, 2.45) is 0 Å². The van der Waals surface area contributed by atoms with E-state index < -0.39 is 0 Å². The van der Waals surface area contributed by atoms with Crippen LogP contribution >= 0.6 is 23.3 Å². The number of thioether (sulfide) groups is 1. The molecule has 4 nitrogen and oxygen atoms in total. The SMILES string of the molecule is Cc1ccc(-c2nsc(SCC(=O)NCc3ccc(F)cc3)n2)cc1. The van der Waals surface area contributed by atoms with Crippen LogP contribution in [0, 0.1) is 12.7 Å². The quantitative estimate of drug-likeness (QED) is 0.662. The second-order valence-electron chi connectivity index (χ2n) is 5.44. The van der Waals surface area contributed by atoms with E-state index in [1.54, 1.807) is 12.1 Å². The van der Waals surface area contributed by atoms with Gasteiger partial charge >= 0.3 is 0 Å². The van der Waals surface area contributed by atoms with E-state index in [0.717, 1.165) is 15.5 Å². The van der Waals surface area contributed by atoms with Gasteiger partial charge in [-0.25, -0.2) is 9.37 Å². The van der Waals surface area contributed by atoms with Crippen molar-refractivity contribution < 1.29 is 9.18 Å². The van der Waals surface area contributed by atoms with Crippen LogP contribution in [0.15, 0.2) is 52.9 Å². The van der Waals surface area contributed by atoms with Gasteiger partial charge in [0.2, 0.25) is 5.91 Å². The fraction of sp³-hybridized carbons (Fsp3) is 0.167. The number of carbonyl (C=O) groups is 1. The number of halogens is 1. The van der Waals surface area contributed by atoms with E-state index in [-0.39, 0.29) is 17.5 Å². The topological polar surface area (TPSA) is 54.9 Å². The first-order valence-electron chi connectivity index (χ1n) is 7.65. The fourth-order valence-corrected chi connectivity index (χ4v) is 3.51. The lowest BCUT2D eigenvalue weighted by molar-refractivity contribution is -0.118. The van der Waals surface area contributed by atoms with Gasteiger partial charge in [-0.05, 0) is 36.2 Å². The van der Waals surface area contributed by atoms with Gasteiger partial charge in [-0.2, -0.15) is 4.37 Å². The second-order valence-corrected chi connectivity index (χ2v) is 7.42. The Morgan fingerprint density at radius 2 is 1.88 bits per heavy atom. The molecule has 0 aliphatic carbocycles. The Morgan fingerprint density at radius 3 is 2.60 bits per heavy atom. The summed E-state index contributed by atoms with van der Waals surface area (Å²) < 4.78 is 17.9. The van der Waals surface area contributed by atoms with Crippen LogP contribution < -0.4 is 5.32 Å². The molecule has 1 heterocycles. The predicted octanol–water partition coefficient (Wildman–Crippen LogP) is 4.06.